The summed E-state index contributed by atoms with van der Waals surface area (Å²) in [5.41, 5.74) is 3.17. The van der Waals surface area contributed by atoms with E-state index in [9.17, 15) is 23.9 Å². The van der Waals surface area contributed by atoms with Crippen LogP contribution < -0.4 is 10.2 Å². The Hall–Kier alpha value is -4.64. The van der Waals surface area contributed by atoms with Crippen molar-refractivity contribution >= 4 is 23.5 Å². The van der Waals surface area contributed by atoms with Crippen LogP contribution in [0.5, 0.6) is 5.75 Å². The minimum absolute atomic E-state index is 0.0655. The van der Waals surface area contributed by atoms with Gasteiger partial charge in [-0.25, -0.2) is 19.2 Å². The summed E-state index contributed by atoms with van der Waals surface area (Å²) in [5, 5.41) is 15.9. The number of halogens is 1. The zero-order valence-electron chi connectivity index (χ0n) is 26.2. The van der Waals surface area contributed by atoms with E-state index in [2.05, 4.69) is 5.32 Å². The van der Waals surface area contributed by atoms with Crippen LogP contribution in [0.2, 0.25) is 0 Å². The first kappa shape index (κ1) is 31.8. The number of phenols is 1. The first-order valence-electron chi connectivity index (χ1n) is 15.4. The van der Waals surface area contributed by atoms with E-state index in [0.29, 0.717) is 25.3 Å². The number of piperazine rings is 1. The summed E-state index contributed by atoms with van der Waals surface area (Å²) in [4.78, 5) is 47.2. The molecule has 4 amide bonds. The van der Waals surface area contributed by atoms with Crippen molar-refractivity contribution < 1.29 is 23.9 Å². The molecule has 238 valence electrons. The van der Waals surface area contributed by atoms with E-state index in [1.807, 2.05) is 56.0 Å². The third kappa shape index (κ3) is 6.58. The molecule has 2 saturated heterocycles. The van der Waals surface area contributed by atoms with Crippen LogP contribution in [0.4, 0.5) is 14.9 Å². The molecule has 2 heterocycles. The highest BCUT2D eigenvalue weighted by Crippen LogP contribution is 2.36. The van der Waals surface area contributed by atoms with Gasteiger partial charge in [-0.2, -0.15) is 0 Å². The van der Waals surface area contributed by atoms with Crippen molar-refractivity contribution in [2.24, 2.45) is 0 Å². The van der Waals surface area contributed by atoms with Crippen molar-refractivity contribution in [3.05, 3.63) is 95.3 Å². The van der Waals surface area contributed by atoms with Crippen molar-refractivity contribution in [1.82, 2.24) is 25.1 Å². The van der Waals surface area contributed by atoms with Crippen molar-refractivity contribution in [1.29, 1.82) is 0 Å². The van der Waals surface area contributed by atoms with Gasteiger partial charge in [0.1, 0.15) is 23.8 Å². The van der Waals surface area contributed by atoms with E-state index in [1.165, 1.54) is 22.0 Å². The van der Waals surface area contributed by atoms with Gasteiger partial charge in [-0.05, 0) is 61.7 Å². The Kier molecular flexibility index (Phi) is 9.57. The van der Waals surface area contributed by atoms with Gasteiger partial charge < -0.3 is 25.1 Å². The number of hydrogen-bond donors (Lipinski definition) is 2. The number of carbonyl (C=O) groups is 3. The van der Waals surface area contributed by atoms with E-state index < -0.39 is 18.2 Å². The molecule has 0 aromatic heterocycles. The Balaban J connectivity index is 1.53. The number of anilines is 1. The topological polar surface area (TPSA) is 99.7 Å². The SMILES string of the molecule is CCN(CC)c1cc(F)ccc1[C@H](C)N1C[C@H]2N(C(=O)CN(C)N2C(=O)NCc2ccccc2)[C@@H](Cc2ccc(O)cc2)C1=O. The molecule has 2 aliphatic rings. The Morgan fingerprint density at radius 3 is 2.38 bits per heavy atom. The molecule has 0 aliphatic carbocycles. The lowest BCUT2D eigenvalue weighted by atomic mass is 9.95. The number of nitrogens with zero attached hydrogens (tertiary/aromatic N) is 5. The molecular weight excluding hydrogens is 575 g/mol. The summed E-state index contributed by atoms with van der Waals surface area (Å²) in [5.74, 6) is -0.789. The molecule has 3 atom stereocenters. The number of fused-ring (bicyclic) bond motifs is 1. The fourth-order valence-corrected chi connectivity index (χ4v) is 6.40. The lowest BCUT2D eigenvalue weighted by Gasteiger charge is -2.55. The molecule has 45 heavy (non-hydrogen) atoms. The number of benzene rings is 3. The van der Waals surface area contributed by atoms with Crippen LogP contribution in [0.3, 0.4) is 0 Å². The van der Waals surface area contributed by atoms with Gasteiger partial charge in [-0.3, -0.25) is 9.59 Å². The van der Waals surface area contributed by atoms with Gasteiger partial charge >= 0.3 is 6.03 Å². The predicted octanol–water partition coefficient (Wildman–Crippen LogP) is 4.12. The molecule has 0 unspecified atom stereocenters. The van der Waals surface area contributed by atoms with Gasteiger partial charge in [0.2, 0.25) is 11.8 Å². The zero-order valence-corrected chi connectivity index (χ0v) is 26.2. The van der Waals surface area contributed by atoms with Gasteiger partial charge in [0, 0.05) is 38.8 Å². The predicted molar refractivity (Wildman–Crippen MR) is 169 cm³/mol. The molecule has 11 heteroatoms. The highest BCUT2D eigenvalue weighted by atomic mass is 19.1. The number of hydrazine groups is 1. The average molecular weight is 617 g/mol. The maximum atomic E-state index is 14.5. The van der Waals surface area contributed by atoms with Crippen molar-refractivity contribution in [2.45, 2.75) is 52.0 Å². The lowest BCUT2D eigenvalue weighted by molar-refractivity contribution is -0.189. The Bertz CT molecular complexity index is 1520. The van der Waals surface area contributed by atoms with Crippen molar-refractivity contribution in [3.63, 3.8) is 0 Å². The van der Waals surface area contributed by atoms with E-state index in [4.69, 9.17) is 0 Å². The highest BCUT2D eigenvalue weighted by Gasteiger charge is 2.51. The molecule has 2 fully saturated rings. The molecule has 2 N–H and O–H groups in total. The standard InChI is InChI=1S/C34H41FN6O4/c1-5-38(6-2)29-19-26(35)14-17-28(29)23(3)39-21-31-40(30(33(39)44)18-24-12-15-27(42)16-13-24)32(43)22-37(4)41(31)34(45)36-20-25-10-8-7-9-11-25/h7-17,19,23,30-31,42H,5-6,18,20-22H2,1-4H3,(H,36,45)/t23-,30-,31-/m0/s1. The summed E-state index contributed by atoms with van der Waals surface area (Å²) in [7, 11) is 1.69. The van der Waals surface area contributed by atoms with E-state index in [-0.39, 0.29) is 48.9 Å². The minimum Gasteiger partial charge on any atom is -0.508 e. The quantitative estimate of drug-likeness (QED) is 0.376. The monoisotopic (exact) mass is 616 g/mol. The van der Waals surface area contributed by atoms with Crippen LogP contribution in [-0.2, 0) is 22.6 Å². The van der Waals surface area contributed by atoms with Crippen LogP contribution in [0.25, 0.3) is 0 Å². The first-order chi connectivity index (χ1) is 21.6. The summed E-state index contributed by atoms with van der Waals surface area (Å²) in [6.45, 7) is 7.49. The van der Waals surface area contributed by atoms with Crippen LogP contribution in [-0.4, -0.2) is 88.2 Å². The largest absolute Gasteiger partial charge is 0.508 e. The molecule has 0 radical (unpaired) electrons. The molecule has 3 aromatic carbocycles. The fraction of sp³-hybridized carbons (Fsp3) is 0.382. The maximum absolute atomic E-state index is 14.5. The Morgan fingerprint density at radius 2 is 1.71 bits per heavy atom. The fourth-order valence-electron chi connectivity index (χ4n) is 6.40. The first-order valence-corrected chi connectivity index (χ1v) is 15.4. The van der Waals surface area contributed by atoms with Crippen LogP contribution in [0.1, 0.15) is 43.5 Å². The summed E-state index contributed by atoms with van der Waals surface area (Å²) in [6.07, 6.45) is -0.591. The average Bonchev–Trinajstić information content (AvgIpc) is 3.03. The second kappa shape index (κ2) is 13.6. The molecule has 2 aliphatic heterocycles. The van der Waals surface area contributed by atoms with E-state index in [1.54, 1.807) is 47.3 Å². The number of phenolic OH excluding ortho intramolecular Hbond substituents is 1. The third-order valence-corrected chi connectivity index (χ3v) is 8.76. The zero-order chi connectivity index (χ0) is 32.2. The number of urea groups is 1. The second-order valence-electron chi connectivity index (χ2n) is 11.5. The molecular formula is C34H41FN6O4. The number of hydrogen-bond acceptors (Lipinski definition) is 6. The molecule has 0 spiro atoms. The molecule has 10 nitrogen and oxygen atoms in total. The van der Waals surface area contributed by atoms with Crippen LogP contribution >= 0.6 is 0 Å². The summed E-state index contributed by atoms with van der Waals surface area (Å²) < 4.78 is 14.5. The molecule has 0 bridgehead atoms. The smallest absolute Gasteiger partial charge is 0.334 e. The summed E-state index contributed by atoms with van der Waals surface area (Å²) in [6, 6.07) is 18.9. The minimum atomic E-state index is -0.904. The maximum Gasteiger partial charge on any atom is 0.334 e. The van der Waals surface area contributed by atoms with Gasteiger partial charge in [-0.1, -0.05) is 48.5 Å². The van der Waals surface area contributed by atoms with Crippen molar-refractivity contribution in [3.8, 4) is 5.75 Å². The lowest BCUT2D eigenvalue weighted by Crippen LogP contribution is -2.76. The summed E-state index contributed by atoms with van der Waals surface area (Å²) >= 11 is 0. The highest BCUT2D eigenvalue weighted by molar-refractivity contribution is 5.92. The second-order valence-corrected chi connectivity index (χ2v) is 11.5. The molecule has 5 rings (SSSR count). The van der Waals surface area contributed by atoms with E-state index in [0.717, 1.165) is 16.7 Å². The van der Waals surface area contributed by atoms with Crippen LogP contribution in [0, 0.1) is 5.82 Å². The van der Waals surface area contributed by atoms with E-state index >= 15 is 0 Å². The molecule has 0 saturated carbocycles. The van der Waals surface area contributed by atoms with Gasteiger partial charge in [0.15, 0.2) is 0 Å². The number of nitrogens with one attached hydrogen (secondary N) is 1. The number of rotatable bonds is 9. The van der Waals surface area contributed by atoms with Gasteiger partial charge in [-0.15, -0.1) is 0 Å². The number of likely N-dealkylation sites (N-methyl/N-ethyl adjacent to an activating group) is 1. The van der Waals surface area contributed by atoms with Gasteiger partial charge in [0.25, 0.3) is 0 Å². The third-order valence-electron chi connectivity index (χ3n) is 8.76. The Labute approximate surface area is 263 Å². The van der Waals surface area contributed by atoms with Crippen molar-refractivity contribution in [2.75, 3.05) is 38.1 Å². The van der Waals surface area contributed by atoms with Gasteiger partial charge in [0.05, 0.1) is 19.1 Å². The number of amides is 4. The van der Waals surface area contributed by atoms with Crippen LogP contribution in [0.15, 0.2) is 72.8 Å². The normalized spacial score (nSPS) is 19.4. The molecule has 3 aromatic rings. The number of carbonyl (C=O) groups excluding carboxylic acids is 3. The Morgan fingerprint density at radius 1 is 1.02 bits per heavy atom. The number of aromatic hydroxyl groups is 1.